The molecule has 2 rings (SSSR count). The van der Waals surface area contributed by atoms with Gasteiger partial charge in [0.2, 0.25) is 5.91 Å². The van der Waals surface area contributed by atoms with Crippen LogP contribution in [0.1, 0.15) is 37.5 Å². The average molecular weight is 312 g/mol. The van der Waals surface area contributed by atoms with Crippen molar-refractivity contribution in [1.29, 1.82) is 0 Å². The number of nitrogens with one attached hydrogen (secondary N) is 2. The van der Waals surface area contributed by atoms with E-state index in [0.717, 1.165) is 16.8 Å². The van der Waals surface area contributed by atoms with Crippen LogP contribution in [0.5, 0.6) is 0 Å². The van der Waals surface area contributed by atoms with Crippen molar-refractivity contribution in [3.63, 3.8) is 0 Å². The Kier molecular flexibility index (Phi) is 6.18. The van der Waals surface area contributed by atoms with Gasteiger partial charge in [-0.2, -0.15) is 0 Å². The fourth-order valence-electron chi connectivity index (χ4n) is 2.35. The molecule has 2 aromatic rings. The summed E-state index contributed by atoms with van der Waals surface area (Å²) in [5, 5.41) is 16.2. The van der Waals surface area contributed by atoms with Crippen molar-refractivity contribution < 1.29 is 9.90 Å². The number of carbonyl (C=O) groups excluding carboxylic acids is 1. The number of aliphatic hydroxyl groups is 1. The highest BCUT2D eigenvalue weighted by Gasteiger charge is 2.12. The zero-order valence-electron chi connectivity index (χ0n) is 13.6. The second-order valence-electron chi connectivity index (χ2n) is 5.91. The Hall–Kier alpha value is -2.33. The van der Waals surface area contributed by atoms with Crippen LogP contribution in [0, 0.1) is 0 Å². The summed E-state index contributed by atoms with van der Waals surface area (Å²) in [6, 6.07) is 17.5. The SMILES string of the molecule is CC(C)Nc1cccc(CNC(=O)CC(O)c2ccccc2)c1. The molecule has 4 nitrogen and oxygen atoms in total. The molecule has 0 saturated heterocycles. The minimum Gasteiger partial charge on any atom is -0.388 e. The van der Waals surface area contributed by atoms with Gasteiger partial charge in [0.05, 0.1) is 12.5 Å². The zero-order chi connectivity index (χ0) is 16.7. The second kappa shape index (κ2) is 8.34. The van der Waals surface area contributed by atoms with Crippen LogP contribution in [0.4, 0.5) is 5.69 Å². The van der Waals surface area contributed by atoms with Crippen LogP contribution in [0.25, 0.3) is 0 Å². The molecule has 4 heteroatoms. The van der Waals surface area contributed by atoms with Crippen molar-refractivity contribution in [2.75, 3.05) is 5.32 Å². The van der Waals surface area contributed by atoms with E-state index in [9.17, 15) is 9.90 Å². The van der Waals surface area contributed by atoms with Gasteiger partial charge in [-0.25, -0.2) is 0 Å². The summed E-state index contributed by atoms with van der Waals surface area (Å²) >= 11 is 0. The van der Waals surface area contributed by atoms with E-state index >= 15 is 0 Å². The predicted octanol–water partition coefficient (Wildman–Crippen LogP) is 3.25. The minimum absolute atomic E-state index is 0.0634. The molecule has 0 saturated carbocycles. The quantitative estimate of drug-likeness (QED) is 0.735. The van der Waals surface area contributed by atoms with Crippen molar-refractivity contribution in [3.8, 4) is 0 Å². The first-order valence-electron chi connectivity index (χ1n) is 7.90. The first-order chi connectivity index (χ1) is 11.0. The van der Waals surface area contributed by atoms with E-state index in [1.807, 2.05) is 54.6 Å². The van der Waals surface area contributed by atoms with Gasteiger partial charge < -0.3 is 15.7 Å². The Morgan fingerprint density at radius 1 is 1.09 bits per heavy atom. The van der Waals surface area contributed by atoms with Crippen LogP contribution in [0.3, 0.4) is 0 Å². The van der Waals surface area contributed by atoms with Crippen LogP contribution in [0.15, 0.2) is 54.6 Å². The number of rotatable bonds is 7. The molecule has 0 aliphatic carbocycles. The summed E-state index contributed by atoms with van der Waals surface area (Å²) in [5.41, 5.74) is 2.82. The molecule has 2 aromatic carbocycles. The van der Waals surface area contributed by atoms with Gasteiger partial charge >= 0.3 is 0 Å². The maximum absolute atomic E-state index is 12.0. The summed E-state index contributed by atoms with van der Waals surface area (Å²) in [6.45, 7) is 4.62. The lowest BCUT2D eigenvalue weighted by Gasteiger charge is -2.13. The van der Waals surface area contributed by atoms with Crippen LogP contribution in [-0.2, 0) is 11.3 Å². The molecule has 0 aliphatic rings. The van der Waals surface area contributed by atoms with Crippen LogP contribution < -0.4 is 10.6 Å². The monoisotopic (exact) mass is 312 g/mol. The number of aliphatic hydroxyl groups excluding tert-OH is 1. The third kappa shape index (κ3) is 5.75. The van der Waals surface area contributed by atoms with Crippen LogP contribution in [0.2, 0.25) is 0 Å². The molecule has 1 amide bonds. The van der Waals surface area contributed by atoms with Gasteiger partial charge in [0.15, 0.2) is 0 Å². The van der Waals surface area contributed by atoms with E-state index in [1.165, 1.54) is 0 Å². The maximum atomic E-state index is 12.0. The van der Waals surface area contributed by atoms with Crippen LogP contribution in [-0.4, -0.2) is 17.1 Å². The van der Waals surface area contributed by atoms with Crippen molar-refractivity contribution in [2.45, 2.75) is 39.0 Å². The zero-order valence-corrected chi connectivity index (χ0v) is 13.6. The number of carbonyl (C=O) groups is 1. The summed E-state index contributed by atoms with van der Waals surface area (Å²) in [4.78, 5) is 12.0. The highest BCUT2D eigenvalue weighted by Crippen LogP contribution is 2.16. The maximum Gasteiger partial charge on any atom is 0.223 e. The van der Waals surface area contributed by atoms with Gasteiger partial charge in [-0.15, -0.1) is 0 Å². The van der Waals surface area contributed by atoms with Crippen LogP contribution >= 0.6 is 0 Å². The van der Waals surface area contributed by atoms with Gasteiger partial charge in [0.1, 0.15) is 0 Å². The van der Waals surface area contributed by atoms with E-state index in [0.29, 0.717) is 12.6 Å². The molecule has 23 heavy (non-hydrogen) atoms. The lowest BCUT2D eigenvalue weighted by molar-refractivity contribution is -0.123. The Balaban J connectivity index is 1.84. The molecule has 0 aromatic heterocycles. The first-order valence-corrected chi connectivity index (χ1v) is 7.90. The summed E-state index contributed by atoms with van der Waals surface area (Å²) in [6.07, 6.45) is -0.710. The standard InChI is InChI=1S/C19H24N2O2/c1-14(2)21-17-10-6-7-15(11-17)13-20-19(23)12-18(22)16-8-4-3-5-9-16/h3-11,14,18,21-22H,12-13H2,1-2H3,(H,20,23). The Morgan fingerprint density at radius 3 is 2.52 bits per heavy atom. The number of amides is 1. The molecule has 122 valence electrons. The lowest BCUT2D eigenvalue weighted by Crippen LogP contribution is -2.24. The third-order valence-corrected chi connectivity index (χ3v) is 3.44. The van der Waals surface area contributed by atoms with E-state index in [1.54, 1.807) is 0 Å². The molecular formula is C19H24N2O2. The summed E-state index contributed by atoms with van der Waals surface area (Å²) < 4.78 is 0. The summed E-state index contributed by atoms with van der Waals surface area (Å²) in [5.74, 6) is -0.163. The Labute approximate surface area is 137 Å². The summed E-state index contributed by atoms with van der Waals surface area (Å²) in [7, 11) is 0. The molecule has 1 atom stereocenters. The highest BCUT2D eigenvalue weighted by atomic mass is 16.3. The average Bonchev–Trinajstić information content (AvgIpc) is 2.53. The molecule has 0 aliphatic heterocycles. The number of hydrogen-bond acceptors (Lipinski definition) is 3. The second-order valence-corrected chi connectivity index (χ2v) is 5.91. The molecule has 3 N–H and O–H groups in total. The van der Waals surface area contributed by atoms with Gasteiger partial charge in [-0.3, -0.25) is 4.79 Å². The predicted molar refractivity (Wildman–Crippen MR) is 93.1 cm³/mol. The lowest BCUT2D eigenvalue weighted by atomic mass is 10.1. The minimum atomic E-state index is -0.773. The van der Waals surface area contributed by atoms with Gasteiger partial charge in [0, 0.05) is 18.3 Å². The smallest absolute Gasteiger partial charge is 0.223 e. The fraction of sp³-hybridized carbons (Fsp3) is 0.316. The van der Waals surface area contributed by atoms with Gasteiger partial charge in [0.25, 0.3) is 0 Å². The molecule has 0 heterocycles. The largest absolute Gasteiger partial charge is 0.388 e. The highest BCUT2D eigenvalue weighted by molar-refractivity contribution is 5.76. The van der Waals surface area contributed by atoms with Gasteiger partial charge in [-0.05, 0) is 37.1 Å². The topological polar surface area (TPSA) is 61.4 Å². The molecular weight excluding hydrogens is 288 g/mol. The van der Waals surface area contributed by atoms with E-state index in [-0.39, 0.29) is 12.3 Å². The normalized spacial score (nSPS) is 12.0. The van der Waals surface area contributed by atoms with E-state index in [4.69, 9.17) is 0 Å². The van der Waals surface area contributed by atoms with Crippen molar-refractivity contribution in [2.24, 2.45) is 0 Å². The van der Waals surface area contributed by atoms with E-state index in [2.05, 4.69) is 24.5 Å². The number of anilines is 1. The Bertz CT molecular complexity index is 626. The Morgan fingerprint density at radius 2 is 1.83 bits per heavy atom. The molecule has 0 bridgehead atoms. The van der Waals surface area contributed by atoms with Gasteiger partial charge in [-0.1, -0.05) is 42.5 Å². The van der Waals surface area contributed by atoms with Crippen molar-refractivity contribution in [1.82, 2.24) is 5.32 Å². The first kappa shape index (κ1) is 17.0. The number of benzene rings is 2. The molecule has 1 unspecified atom stereocenters. The molecule has 0 spiro atoms. The fourth-order valence-corrected chi connectivity index (χ4v) is 2.35. The molecule has 0 radical (unpaired) electrons. The van der Waals surface area contributed by atoms with E-state index < -0.39 is 6.10 Å². The van der Waals surface area contributed by atoms with Crippen molar-refractivity contribution >= 4 is 11.6 Å². The molecule has 0 fully saturated rings. The number of hydrogen-bond donors (Lipinski definition) is 3. The third-order valence-electron chi connectivity index (χ3n) is 3.44. The van der Waals surface area contributed by atoms with Crippen molar-refractivity contribution in [3.05, 3.63) is 65.7 Å².